The Morgan fingerprint density at radius 2 is 1.07 bits per heavy atom. The Morgan fingerprint density at radius 1 is 0.684 bits per heavy atom. The van der Waals surface area contributed by atoms with E-state index in [0.717, 1.165) is 25.6 Å². The summed E-state index contributed by atoms with van der Waals surface area (Å²) in [5.41, 5.74) is 2.86. The lowest BCUT2D eigenvalue weighted by Crippen LogP contribution is -2.87. The molecule has 0 aromatic heterocycles. The van der Waals surface area contributed by atoms with E-state index in [-0.39, 0.29) is 5.97 Å². The number of nitrogens with two attached hydrogens (primary N) is 1. The minimum atomic E-state index is -1.13. The van der Waals surface area contributed by atoms with Gasteiger partial charge >= 0.3 is 17.9 Å². The molecular weight excluding hydrogens is 858 g/mol. The smallest absolute Gasteiger partial charge is 0.338 e. The molecule has 1 aliphatic rings. The summed E-state index contributed by atoms with van der Waals surface area (Å²) in [6, 6.07) is 28.6. The summed E-state index contributed by atoms with van der Waals surface area (Å²) in [5.74, 6) is -4.18. The van der Waals surface area contributed by atoms with Gasteiger partial charge in [-0.15, -0.1) is 0 Å². The number of hydrogen-bond donors (Lipinski definition) is 3. The Hall–Kier alpha value is -4.36. The number of hydrogen-bond acceptors (Lipinski definition) is 8. The molecule has 0 unspecified atom stereocenters. The summed E-state index contributed by atoms with van der Waals surface area (Å²) in [6.07, 6.45) is 3.13. The van der Waals surface area contributed by atoms with Crippen LogP contribution in [0.2, 0.25) is 0 Å². The molecule has 1 fully saturated rings. The van der Waals surface area contributed by atoms with Gasteiger partial charge in [0.25, 0.3) is 0 Å². The number of esters is 2. The molecule has 5 rings (SSSR count). The largest absolute Gasteiger partial charge is 0.549 e. The number of ether oxygens (including phenoxy) is 2. The van der Waals surface area contributed by atoms with Crippen molar-refractivity contribution in [1.29, 1.82) is 0 Å². The third kappa shape index (κ3) is 17.0. The first-order valence-electron chi connectivity index (χ1n) is 18.8. The number of aliphatic hydroxyl groups is 1. The van der Waals surface area contributed by atoms with E-state index in [1.165, 1.54) is 19.4 Å². The van der Waals surface area contributed by atoms with Crippen LogP contribution >= 0.6 is 31.9 Å². The molecular formula is C45H53Br2NO9. The molecule has 0 amide bonds. The van der Waals surface area contributed by atoms with Crippen molar-refractivity contribution in [3.63, 3.8) is 0 Å². The number of carbonyl (C=O) groups excluding carboxylic acids is 3. The van der Waals surface area contributed by atoms with Crippen LogP contribution in [0.1, 0.15) is 109 Å². The minimum absolute atomic E-state index is 0.290. The number of benzene rings is 4. The lowest BCUT2D eigenvalue weighted by Gasteiger charge is -2.20. The van der Waals surface area contributed by atoms with Crippen LogP contribution in [0.15, 0.2) is 106 Å². The molecule has 1 aliphatic heterocycles. The second-order valence-corrected chi connectivity index (χ2v) is 17.6. The van der Waals surface area contributed by atoms with Gasteiger partial charge in [-0.3, -0.25) is 4.79 Å². The number of carbonyl (C=O) groups is 4. The quantitative estimate of drug-likeness (QED) is 0.134. The van der Waals surface area contributed by atoms with E-state index in [0.29, 0.717) is 42.2 Å². The van der Waals surface area contributed by atoms with Crippen LogP contribution in [0.25, 0.3) is 0 Å². The standard InChI is InChI=1S/2C20H21BrO4.C5H11NO/c2*1-20(2,3)25-19(24)15-6-4-13(5-7-15)12-17(18(22)23)14-8-10-16(21)11-9-14;7-4-5-2-1-3-6-5/h2*4-11,17H,12H2,1-3H3,(H,22,23);5-7H,1-4H2/t2*17-;5-/m110/s1. The second kappa shape index (κ2) is 22.0. The SMILES string of the molecule is CC(C)(C)OC(=O)c1ccc(C[C@@H](C(=O)O)c2ccc(Br)cc2)cc1.CC(C)(C)OC(=O)c1ccc(C[C@@H](C(=O)[O-])c2ccc(Br)cc2)cc1.OC[C@@H]1CCC[NH2+]1. The van der Waals surface area contributed by atoms with Crippen LogP contribution in [-0.2, 0) is 31.9 Å². The molecule has 1 saturated heterocycles. The number of aliphatic carboxylic acids is 2. The van der Waals surface area contributed by atoms with E-state index in [9.17, 15) is 29.4 Å². The van der Waals surface area contributed by atoms with E-state index in [1.54, 1.807) is 84.9 Å². The highest BCUT2D eigenvalue weighted by Crippen LogP contribution is 2.25. The Kier molecular flexibility index (Phi) is 18.1. The van der Waals surface area contributed by atoms with Crippen LogP contribution < -0.4 is 10.4 Å². The number of carboxylic acids is 2. The summed E-state index contributed by atoms with van der Waals surface area (Å²) in [7, 11) is 0. The molecule has 0 aliphatic carbocycles. The zero-order valence-electron chi connectivity index (χ0n) is 33.3. The van der Waals surface area contributed by atoms with Crippen molar-refractivity contribution in [2.24, 2.45) is 0 Å². The Bertz CT molecular complexity index is 1760. The fraction of sp³-hybridized carbons (Fsp3) is 0.378. The van der Waals surface area contributed by atoms with Gasteiger partial charge in [-0.05, 0) is 125 Å². The van der Waals surface area contributed by atoms with Crippen molar-refractivity contribution in [3.8, 4) is 0 Å². The Morgan fingerprint density at radius 3 is 1.37 bits per heavy atom. The van der Waals surface area contributed by atoms with Crippen molar-refractivity contribution in [1.82, 2.24) is 0 Å². The number of quaternary nitrogens is 1. The van der Waals surface area contributed by atoms with Crippen LogP contribution in [0.4, 0.5) is 0 Å². The number of rotatable bonds is 11. The van der Waals surface area contributed by atoms with E-state index < -0.39 is 40.9 Å². The van der Waals surface area contributed by atoms with Crippen molar-refractivity contribution in [2.75, 3.05) is 13.2 Å². The van der Waals surface area contributed by atoms with Crippen molar-refractivity contribution >= 4 is 55.7 Å². The first-order valence-corrected chi connectivity index (χ1v) is 20.4. The van der Waals surface area contributed by atoms with Gasteiger partial charge in [-0.1, -0.05) is 80.4 Å². The van der Waals surface area contributed by atoms with Gasteiger partial charge in [-0.2, -0.15) is 0 Å². The molecule has 0 bridgehead atoms. The first kappa shape index (κ1) is 47.0. The molecule has 57 heavy (non-hydrogen) atoms. The van der Waals surface area contributed by atoms with Crippen molar-refractivity contribution in [2.45, 2.75) is 96.3 Å². The maximum Gasteiger partial charge on any atom is 0.338 e. The van der Waals surface area contributed by atoms with E-state index in [2.05, 4.69) is 37.2 Å². The molecule has 0 spiro atoms. The molecule has 306 valence electrons. The zero-order valence-corrected chi connectivity index (χ0v) is 36.5. The molecule has 3 atom stereocenters. The van der Waals surface area contributed by atoms with Crippen LogP contribution in [0.5, 0.6) is 0 Å². The molecule has 4 aromatic rings. The third-order valence-electron chi connectivity index (χ3n) is 8.70. The predicted octanol–water partition coefficient (Wildman–Crippen LogP) is 7.00. The first-order chi connectivity index (χ1) is 26.7. The lowest BCUT2D eigenvalue weighted by molar-refractivity contribution is -0.671. The summed E-state index contributed by atoms with van der Waals surface area (Å²) in [5, 5.41) is 31.8. The average molecular weight is 912 g/mol. The number of carboxylic acid groups (broad SMARTS) is 2. The van der Waals surface area contributed by atoms with Crippen molar-refractivity contribution < 1.29 is 49.3 Å². The highest BCUT2D eigenvalue weighted by molar-refractivity contribution is 9.10. The number of halogens is 2. The fourth-order valence-electron chi connectivity index (χ4n) is 5.79. The molecule has 12 heteroatoms. The van der Waals surface area contributed by atoms with Gasteiger partial charge in [0.1, 0.15) is 17.2 Å². The van der Waals surface area contributed by atoms with E-state index >= 15 is 0 Å². The molecule has 10 nitrogen and oxygen atoms in total. The third-order valence-corrected chi connectivity index (χ3v) is 9.75. The van der Waals surface area contributed by atoms with Gasteiger partial charge in [0, 0.05) is 33.7 Å². The number of aliphatic hydroxyl groups excluding tert-OH is 1. The molecule has 4 aromatic carbocycles. The normalized spacial score (nSPS) is 14.8. The Labute approximate surface area is 352 Å². The summed E-state index contributed by atoms with van der Waals surface area (Å²) >= 11 is 6.68. The van der Waals surface area contributed by atoms with Gasteiger partial charge < -0.3 is 34.9 Å². The summed E-state index contributed by atoms with van der Waals surface area (Å²) < 4.78 is 12.4. The molecule has 4 N–H and O–H groups in total. The van der Waals surface area contributed by atoms with E-state index in [1.807, 2.05) is 53.7 Å². The lowest BCUT2D eigenvalue weighted by atomic mass is 9.92. The second-order valence-electron chi connectivity index (χ2n) is 15.8. The van der Waals surface area contributed by atoms with Crippen LogP contribution in [-0.4, -0.2) is 64.5 Å². The van der Waals surface area contributed by atoms with Crippen LogP contribution in [0, 0.1) is 0 Å². The van der Waals surface area contributed by atoms with Crippen molar-refractivity contribution in [3.05, 3.63) is 139 Å². The van der Waals surface area contributed by atoms with Gasteiger partial charge in [0.05, 0.1) is 30.2 Å². The maximum absolute atomic E-state index is 12.0. The summed E-state index contributed by atoms with van der Waals surface area (Å²) in [6.45, 7) is 12.4. The molecule has 0 radical (unpaired) electrons. The van der Waals surface area contributed by atoms with E-state index in [4.69, 9.17) is 14.6 Å². The van der Waals surface area contributed by atoms with Crippen LogP contribution in [0.3, 0.4) is 0 Å². The monoisotopic (exact) mass is 909 g/mol. The van der Waals surface area contributed by atoms with Gasteiger partial charge in [0.2, 0.25) is 0 Å². The topological polar surface area (TPSA) is 167 Å². The molecule has 0 saturated carbocycles. The van der Waals surface area contributed by atoms with Gasteiger partial charge in [0.15, 0.2) is 0 Å². The minimum Gasteiger partial charge on any atom is -0.549 e. The summed E-state index contributed by atoms with van der Waals surface area (Å²) in [4.78, 5) is 47.2. The van der Waals surface area contributed by atoms with Gasteiger partial charge in [-0.25, -0.2) is 9.59 Å². The maximum atomic E-state index is 12.0. The Balaban J connectivity index is 0.000000260. The molecule has 1 heterocycles. The average Bonchev–Trinajstić information content (AvgIpc) is 3.68. The highest BCUT2D eigenvalue weighted by atomic mass is 79.9. The zero-order chi connectivity index (χ0) is 42.3. The predicted molar refractivity (Wildman–Crippen MR) is 224 cm³/mol. The fourth-order valence-corrected chi connectivity index (χ4v) is 6.32. The highest BCUT2D eigenvalue weighted by Gasteiger charge is 2.22.